The van der Waals surface area contributed by atoms with Crippen LogP contribution in [0.15, 0.2) is 0 Å². The van der Waals surface area contributed by atoms with Crippen LogP contribution in [0.1, 0.15) is 13.8 Å². The first-order valence-electron chi connectivity index (χ1n) is 4.55. The molecule has 1 aliphatic heterocycles. The Morgan fingerprint density at radius 3 is 2.15 bits per heavy atom. The lowest BCUT2D eigenvalue weighted by molar-refractivity contribution is -0.101. The largest absolute Gasteiger partial charge is 0.395 e. The molecule has 1 heterocycles. The Balaban J connectivity index is 0.000000671. The zero-order valence-electron chi connectivity index (χ0n) is 8.01. The summed E-state index contributed by atoms with van der Waals surface area (Å²) in [5, 5.41) is 38.6. The third kappa shape index (κ3) is 3.21. The van der Waals surface area contributed by atoms with Crippen LogP contribution in [-0.4, -0.2) is 57.9 Å². The molecule has 1 saturated heterocycles. The van der Waals surface area contributed by atoms with E-state index in [1.165, 1.54) is 0 Å². The molecule has 5 nitrogen and oxygen atoms in total. The van der Waals surface area contributed by atoms with Gasteiger partial charge in [0.25, 0.3) is 0 Å². The normalized spacial score (nSPS) is 39.2. The lowest BCUT2D eigenvalue weighted by atomic mass is 9.97. The van der Waals surface area contributed by atoms with Crippen molar-refractivity contribution in [2.24, 2.45) is 0 Å². The van der Waals surface area contributed by atoms with Gasteiger partial charge in [0.05, 0.1) is 24.9 Å². The summed E-state index contributed by atoms with van der Waals surface area (Å²) in [6.07, 6.45) is -3.20. The zero-order chi connectivity index (χ0) is 10.4. The standard InChI is InChI=1S/C6H13NO4.C2H6/c8-2-3-5(10)6(11)4(9)1-7-3;1-2/h3-11H,1-2H2;1-2H3. The summed E-state index contributed by atoms with van der Waals surface area (Å²) in [6.45, 7) is 3.95. The molecule has 0 aromatic heterocycles. The number of hydrogen-bond acceptors (Lipinski definition) is 5. The van der Waals surface area contributed by atoms with E-state index < -0.39 is 24.4 Å². The van der Waals surface area contributed by atoms with Crippen molar-refractivity contribution in [2.45, 2.75) is 38.2 Å². The molecule has 0 aromatic rings. The van der Waals surface area contributed by atoms with E-state index >= 15 is 0 Å². The van der Waals surface area contributed by atoms with Gasteiger partial charge < -0.3 is 25.7 Å². The molecule has 80 valence electrons. The van der Waals surface area contributed by atoms with Gasteiger partial charge >= 0.3 is 0 Å². The third-order valence-corrected chi connectivity index (χ3v) is 1.94. The van der Waals surface area contributed by atoms with E-state index in [9.17, 15) is 5.11 Å². The fraction of sp³-hybridized carbons (Fsp3) is 1.00. The Labute approximate surface area is 78.0 Å². The first-order chi connectivity index (χ1) is 6.16. The smallest absolute Gasteiger partial charge is 0.109 e. The molecule has 4 unspecified atom stereocenters. The van der Waals surface area contributed by atoms with Crippen molar-refractivity contribution in [1.29, 1.82) is 0 Å². The van der Waals surface area contributed by atoms with Gasteiger partial charge in [-0.1, -0.05) is 13.8 Å². The summed E-state index contributed by atoms with van der Waals surface area (Å²) < 4.78 is 0. The second-order valence-electron chi connectivity index (χ2n) is 2.75. The molecular formula is C8H19NO4. The maximum atomic E-state index is 9.18. The van der Waals surface area contributed by atoms with Crippen LogP contribution in [0.5, 0.6) is 0 Å². The van der Waals surface area contributed by atoms with Crippen molar-refractivity contribution in [3.63, 3.8) is 0 Å². The number of hydrogen-bond donors (Lipinski definition) is 5. The average molecular weight is 193 g/mol. The van der Waals surface area contributed by atoms with E-state index in [4.69, 9.17) is 15.3 Å². The van der Waals surface area contributed by atoms with E-state index in [1.807, 2.05) is 13.8 Å². The lowest BCUT2D eigenvalue weighted by Crippen LogP contribution is -2.60. The van der Waals surface area contributed by atoms with Crippen molar-refractivity contribution in [2.75, 3.05) is 13.2 Å². The molecule has 0 saturated carbocycles. The molecule has 0 amide bonds. The van der Waals surface area contributed by atoms with E-state index in [0.29, 0.717) is 0 Å². The Hall–Kier alpha value is -0.200. The van der Waals surface area contributed by atoms with Gasteiger partial charge in [0, 0.05) is 6.54 Å². The molecule has 0 bridgehead atoms. The molecule has 1 fully saturated rings. The molecule has 4 atom stereocenters. The highest BCUT2D eigenvalue weighted by Crippen LogP contribution is 2.09. The van der Waals surface area contributed by atoms with Crippen LogP contribution in [0.25, 0.3) is 0 Å². The fourth-order valence-corrected chi connectivity index (χ4v) is 1.15. The second kappa shape index (κ2) is 6.28. The molecule has 0 radical (unpaired) electrons. The summed E-state index contributed by atoms with van der Waals surface area (Å²) in [7, 11) is 0. The predicted octanol–water partition coefficient (Wildman–Crippen LogP) is -1.94. The summed E-state index contributed by atoms with van der Waals surface area (Å²) in [6, 6.07) is -0.534. The predicted molar refractivity (Wildman–Crippen MR) is 48.2 cm³/mol. The molecule has 13 heavy (non-hydrogen) atoms. The molecule has 1 aliphatic rings. The zero-order valence-corrected chi connectivity index (χ0v) is 8.01. The minimum Gasteiger partial charge on any atom is -0.395 e. The van der Waals surface area contributed by atoms with Crippen molar-refractivity contribution < 1.29 is 20.4 Å². The van der Waals surface area contributed by atoms with Crippen molar-refractivity contribution in [1.82, 2.24) is 5.32 Å². The summed E-state index contributed by atoms with van der Waals surface area (Å²) in [5.41, 5.74) is 0. The minimum atomic E-state index is -1.16. The van der Waals surface area contributed by atoms with Gasteiger partial charge in [-0.25, -0.2) is 0 Å². The summed E-state index contributed by atoms with van der Waals surface area (Å²) in [5.74, 6) is 0. The van der Waals surface area contributed by atoms with Crippen LogP contribution in [0, 0.1) is 0 Å². The molecule has 0 aromatic carbocycles. The Morgan fingerprint density at radius 1 is 1.15 bits per heavy atom. The average Bonchev–Trinajstić information content (AvgIpc) is 2.18. The van der Waals surface area contributed by atoms with Crippen LogP contribution in [0.4, 0.5) is 0 Å². The van der Waals surface area contributed by atoms with Crippen molar-refractivity contribution >= 4 is 0 Å². The first-order valence-corrected chi connectivity index (χ1v) is 4.55. The van der Waals surface area contributed by atoms with E-state index in [1.54, 1.807) is 0 Å². The van der Waals surface area contributed by atoms with Crippen LogP contribution in [0.2, 0.25) is 0 Å². The van der Waals surface area contributed by atoms with Crippen molar-refractivity contribution in [3.05, 3.63) is 0 Å². The fourth-order valence-electron chi connectivity index (χ4n) is 1.15. The number of aliphatic hydroxyl groups excluding tert-OH is 4. The maximum absolute atomic E-state index is 9.18. The van der Waals surface area contributed by atoms with Gasteiger partial charge in [-0.2, -0.15) is 0 Å². The first kappa shape index (κ1) is 12.8. The lowest BCUT2D eigenvalue weighted by Gasteiger charge is -2.34. The van der Waals surface area contributed by atoms with Crippen LogP contribution in [0.3, 0.4) is 0 Å². The third-order valence-electron chi connectivity index (χ3n) is 1.94. The Bertz CT molecular complexity index is 131. The monoisotopic (exact) mass is 193 g/mol. The number of nitrogens with one attached hydrogen (secondary N) is 1. The van der Waals surface area contributed by atoms with Gasteiger partial charge in [0.2, 0.25) is 0 Å². The van der Waals surface area contributed by atoms with E-state index in [-0.39, 0.29) is 13.2 Å². The Morgan fingerprint density at radius 2 is 1.69 bits per heavy atom. The number of β-amino-alcohol motifs (C(OH)–C–C–N with tert-alkyl or cyclic N) is 1. The highest BCUT2D eigenvalue weighted by atomic mass is 16.4. The topological polar surface area (TPSA) is 93.0 Å². The molecular weight excluding hydrogens is 174 g/mol. The van der Waals surface area contributed by atoms with Gasteiger partial charge in [0.1, 0.15) is 6.10 Å². The van der Waals surface area contributed by atoms with Crippen LogP contribution < -0.4 is 5.32 Å². The van der Waals surface area contributed by atoms with Crippen LogP contribution in [-0.2, 0) is 0 Å². The van der Waals surface area contributed by atoms with Gasteiger partial charge in [-0.3, -0.25) is 0 Å². The number of piperidine rings is 1. The molecule has 5 heteroatoms. The number of aliphatic hydroxyl groups is 4. The van der Waals surface area contributed by atoms with E-state index in [0.717, 1.165) is 0 Å². The summed E-state index contributed by atoms with van der Waals surface area (Å²) in [4.78, 5) is 0. The van der Waals surface area contributed by atoms with Crippen molar-refractivity contribution in [3.8, 4) is 0 Å². The number of rotatable bonds is 1. The van der Waals surface area contributed by atoms with Gasteiger partial charge in [-0.15, -0.1) is 0 Å². The minimum absolute atomic E-state index is 0.198. The highest BCUT2D eigenvalue weighted by molar-refractivity contribution is 4.91. The van der Waals surface area contributed by atoms with Gasteiger partial charge in [-0.05, 0) is 0 Å². The molecule has 5 N–H and O–H groups in total. The molecule has 0 aliphatic carbocycles. The molecule has 0 spiro atoms. The maximum Gasteiger partial charge on any atom is 0.109 e. The summed E-state index contributed by atoms with van der Waals surface area (Å²) >= 11 is 0. The second-order valence-corrected chi connectivity index (χ2v) is 2.75. The Kier molecular flexibility index (Phi) is 6.19. The van der Waals surface area contributed by atoms with Crippen LogP contribution >= 0.6 is 0 Å². The molecule has 1 rings (SSSR count). The highest BCUT2D eigenvalue weighted by Gasteiger charge is 2.35. The SMILES string of the molecule is CC.OCC1NCC(O)C(O)C1O. The quantitative estimate of drug-likeness (QED) is 0.334. The van der Waals surface area contributed by atoms with E-state index in [2.05, 4.69) is 5.32 Å². The van der Waals surface area contributed by atoms with Gasteiger partial charge in [0.15, 0.2) is 0 Å².